The Hall–Kier alpha value is -2.34. The summed E-state index contributed by atoms with van der Waals surface area (Å²) in [6, 6.07) is 7.81. The van der Waals surface area contributed by atoms with Gasteiger partial charge in [0.05, 0.1) is 19.1 Å². The molecule has 1 N–H and O–H groups in total. The molecule has 0 spiro atoms. The van der Waals surface area contributed by atoms with Crippen LogP contribution in [0.25, 0.3) is 10.9 Å². The van der Waals surface area contributed by atoms with Gasteiger partial charge in [0, 0.05) is 44.5 Å². The lowest BCUT2D eigenvalue weighted by molar-refractivity contribution is -0.134. The molecule has 0 saturated carbocycles. The Bertz CT molecular complexity index is 778. The van der Waals surface area contributed by atoms with Gasteiger partial charge < -0.3 is 19.6 Å². The molecule has 1 aliphatic rings. The zero-order valence-corrected chi connectivity index (χ0v) is 15.0. The van der Waals surface area contributed by atoms with E-state index in [0.717, 1.165) is 35.3 Å². The predicted molar refractivity (Wildman–Crippen MR) is 98.0 cm³/mol. The highest BCUT2D eigenvalue weighted by molar-refractivity contribution is 5.95. The number of aliphatic hydroxyl groups is 1. The third-order valence-corrected chi connectivity index (χ3v) is 4.81. The number of amides is 1. The number of ether oxygens (including phenoxy) is 1. The average molecular weight is 343 g/mol. The fraction of sp³-hybridized carbons (Fsp3) is 0.474. The topological polar surface area (TPSA) is 65.9 Å². The van der Waals surface area contributed by atoms with Gasteiger partial charge in [-0.15, -0.1) is 0 Å². The molecular formula is C19H25N3O3. The molecule has 6 nitrogen and oxygen atoms in total. The summed E-state index contributed by atoms with van der Waals surface area (Å²) in [6.07, 6.45) is 3.38. The standard InChI is InChI=1S/C19H25N3O3/c1-21(2)17(23)12-19(24)9-5-11-22(13-19)15-8-10-20-18-14(15)6-4-7-16(18)25-3/h4,6-8,10,24H,5,9,11-13H2,1-3H3. The number of anilines is 1. The van der Waals surface area contributed by atoms with Gasteiger partial charge in [0.1, 0.15) is 11.3 Å². The van der Waals surface area contributed by atoms with E-state index in [1.807, 2.05) is 24.3 Å². The first-order chi connectivity index (χ1) is 11.9. The van der Waals surface area contributed by atoms with Crippen molar-refractivity contribution in [2.45, 2.75) is 24.9 Å². The van der Waals surface area contributed by atoms with E-state index in [0.29, 0.717) is 13.0 Å². The molecule has 3 rings (SSSR count). The highest BCUT2D eigenvalue weighted by Gasteiger charge is 2.36. The first-order valence-corrected chi connectivity index (χ1v) is 8.53. The number of hydrogen-bond acceptors (Lipinski definition) is 5. The minimum Gasteiger partial charge on any atom is -0.494 e. The zero-order chi connectivity index (χ0) is 18.0. The molecule has 0 radical (unpaired) electrons. The van der Waals surface area contributed by atoms with Gasteiger partial charge in [-0.1, -0.05) is 12.1 Å². The summed E-state index contributed by atoms with van der Waals surface area (Å²) in [6.45, 7) is 1.28. The smallest absolute Gasteiger partial charge is 0.225 e. The minimum atomic E-state index is -1.01. The maximum atomic E-state index is 12.1. The lowest BCUT2D eigenvalue weighted by Crippen LogP contribution is -2.50. The second kappa shape index (κ2) is 6.88. The van der Waals surface area contributed by atoms with Gasteiger partial charge in [0.2, 0.25) is 5.91 Å². The molecule has 1 fully saturated rings. The van der Waals surface area contributed by atoms with Crippen LogP contribution in [0.3, 0.4) is 0 Å². The molecule has 25 heavy (non-hydrogen) atoms. The Morgan fingerprint density at radius 2 is 2.20 bits per heavy atom. The predicted octanol–water partition coefficient (Wildman–Crippen LogP) is 2.05. The first kappa shape index (κ1) is 17.5. The summed E-state index contributed by atoms with van der Waals surface area (Å²) in [7, 11) is 5.07. The molecule has 2 heterocycles. The molecule has 0 bridgehead atoms. The highest BCUT2D eigenvalue weighted by atomic mass is 16.5. The molecule has 6 heteroatoms. The van der Waals surface area contributed by atoms with E-state index in [1.54, 1.807) is 27.4 Å². The molecule has 1 amide bonds. The van der Waals surface area contributed by atoms with E-state index >= 15 is 0 Å². The van der Waals surface area contributed by atoms with Gasteiger partial charge in [-0.25, -0.2) is 0 Å². The van der Waals surface area contributed by atoms with Crippen molar-refractivity contribution in [1.29, 1.82) is 0 Å². The number of fused-ring (bicyclic) bond motifs is 1. The molecule has 1 saturated heterocycles. The molecule has 1 aromatic carbocycles. The number of β-amino-alcohol motifs (C(OH)–C–C–N with tert-alkyl or cyclic N) is 1. The summed E-state index contributed by atoms with van der Waals surface area (Å²) in [5.41, 5.74) is 0.814. The van der Waals surface area contributed by atoms with Crippen LogP contribution in [0.2, 0.25) is 0 Å². The Morgan fingerprint density at radius 3 is 2.92 bits per heavy atom. The van der Waals surface area contributed by atoms with Crippen LogP contribution in [-0.2, 0) is 4.79 Å². The lowest BCUT2D eigenvalue weighted by atomic mass is 9.88. The summed E-state index contributed by atoms with van der Waals surface area (Å²) in [4.78, 5) is 20.2. The normalized spacial score (nSPS) is 20.6. The van der Waals surface area contributed by atoms with Gasteiger partial charge in [0.25, 0.3) is 0 Å². The van der Waals surface area contributed by atoms with Crippen LogP contribution in [0.5, 0.6) is 5.75 Å². The molecule has 1 aromatic heterocycles. The van der Waals surface area contributed by atoms with Crippen LogP contribution < -0.4 is 9.64 Å². The first-order valence-electron chi connectivity index (χ1n) is 8.53. The molecule has 134 valence electrons. The van der Waals surface area contributed by atoms with Gasteiger partial charge in [-0.2, -0.15) is 0 Å². The van der Waals surface area contributed by atoms with Gasteiger partial charge in [-0.3, -0.25) is 9.78 Å². The summed E-state index contributed by atoms with van der Waals surface area (Å²) in [5, 5.41) is 12.0. The average Bonchev–Trinajstić information content (AvgIpc) is 2.60. The van der Waals surface area contributed by atoms with Crippen LogP contribution >= 0.6 is 0 Å². The number of piperidine rings is 1. The maximum Gasteiger partial charge on any atom is 0.225 e. The Balaban J connectivity index is 1.92. The number of aromatic nitrogens is 1. The Labute approximate surface area is 148 Å². The number of carbonyl (C=O) groups excluding carboxylic acids is 1. The van der Waals surface area contributed by atoms with E-state index in [4.69, 9.17) is 4.74 Å². The fourth-order valence-electron chi connectivity index (χ4n) is 3.48. The third kappa shape index (κ3) is 3.54. The van der Waals surface area contributed by atoms with Crippen molar-refractivity contribution in [1.82, 2.24) is 9.88 Å². The van der Waals surface area contributed by atoms with E-state index in [-0.39, 0.29) is 12.3 Å². The molecule has 0 aliphatic carbocycles. The summed E-state index contributed by atoms with van der Waals surface area (Å²) in [5.74, 6) is 0.681. The van der Waals surface area contributed by atoms with E-state index < -0.39 is 5.60 Å². The number of methoxy groups -OCH3 is 1. The maximum absolute atomic E-state index is 12.1. The molecule has 1 atom stereocenters. The van der Waals surface area contributed by atoms with Gasteiger partial charge >= 0.3 is 0 Å². The van der Waals surface area contributed by atoms with Crippen molar-refractivity contribution in [3.05, 3.63) is 30.5 Å². The van der Waals surface area contributed by atoms with Crippen LogP contribution in [0, 0.1) is 0 Å². The monoisotopic (exact) mass is 343 g/mol. The largest absolute Gasteiger partial charge is 0.494 e. The fourth-order valence-corrected chi connectivity index (χ4v) is 3.48. The number of benzene rings is 1. The molecular weight excluding hydrogens is 318 g/mol. The number of hydrogen-bond donors (Lipinski definition) is 1. The van der Waals surface area contributed by atoms with Crippen molar-refractivity contribution in [3.8, 4) is 5.75 Å². The van der Waals surface area contributed by atoms with Crippen LogP contribution in [-0.4, -0.2) is 60.8 Å². The SMILES string of the molecule is COc1cccc2c(N3CCCC(O)(CC(=O)N(C)C)C3)ccnc12. The Kier molecular flexibility index (Phi) is 4.81. The number of rotatable bonds is 4. The van der Waals surface area contributed by atoms with E-state index in [9.17, 15) is 9.90 Å². The van der Waals surface area contributed by atoms with Crippen LogP contribution in [0.1, 0.15) is 19.3 Å². The molecule has 1 unspecified atom stereocenters. The van der Waals surface area contributed by atoms with Crippen LogP contribution in [0.4, 0.5) is 5.69 Å². The number of nitrogens with zero attached hydrogens (tertiary/aromatic N) is 3. The van der Waals surface area contributed by atoms with Gasteiger partial charge in [-0.05, 0) is 25.0 Å². The molecule has 1 aliphatic heterocycles. The van der Waals surface area contributed by atoms with E-state index in [2.05, 4.69) is 9.88 Å². The van der Waals surface area contributed by atoms with Crippen molar-refractivity contribution in [3.63, 3.8) is 0 Å². The second-order valence-corrected chi connectivity index (χ2v) is 6.90. The second-order valence-electron chi connectivity index (χ2n) is 6.90. The summed E-state index contributed by atoms with van der Waals surface area (Å²) >= 11 is 0. The summed E-state index contributed by atoms with van der Waals surface area (Å²) < 4.78 is 5.41. The van der Waals surface area contributed by atoms with Crippen LogP contribution in [0.15, 0.2) is 30.5 Å². The molecule has 2 aromatic rings. The van der Waals surface area contributed by atoms with Crippen molar-refractivity contribution < 1.29 is 14.6 Å². The van der Waals surface area contributed by atoms with Crippen molar-refractivity contribution in [2.24, 2.45) is 0 Å². The third-order valence-electron chi connectivity index (χ3n) is 4.81. The number of carbonyl (C=O) groups is 1. The highest BCUT2D eigenvalue weighted by Crippen LogP contribution is 2.34. The Morgan fingerprint density at radius 1 is 1.40 bits per heavy atom. The van der Waals surface area contributed by atoms with Crippen molar-refractivity contribution >= 4 is 22.5 Å². The number of para-hydroxylation sites is 1. The van der Waals surface area contributed by atoms with E-state index in [1.165, 1.54) is 4.90 Å². The van der Waals surface area contributed by atoms with Gasteiger partial charge in [0.15, 0.2) is 0 Å². The zero-order valence-electron chi connectivity index (χ0n) is 15.0. The quantitative estimate of drug-likeness (QED) is 0.920. The lowest BCUT2D eigenvalue weighted by Gasteiger charge is -2.40. The van der Waals surface area contributed by atoms with Crippen molar-refractivity contribution in [2.75, 3.05) is 39.2 Å². The minimum absolute atomic E-state index is 0.0504. The number of pyridine rings is 1.